The van der Waals surface area contributed by atoms with Gasteiger partial charge < -0.3 is 14.9 Å². The Bertz CT molecular complexity index is 623. The number of carboxylic acid groups (broad SMARTS) is 1. The zero-order valence-corrected chi connectivity index (χ0v) is 13.1. The molecule has 126 valence electrons. The molecule has 23 heavy (non-hydrogen) atoms. The summed E-state index contributed by atoms with van der Waals surface area (Å²) in [6, 6.07) is 3.23. The Balaban J connectivity index is 2.91. The fourth-order valence-corrected chi connectivity index (χ4v) is 1.78. The number of ether oxygens (including phenoxy) is 1. The molecule has 0 atom stereocenters. The van der Waals surface area contributed by atoms with Crippen molar-refractivity contribution in [2.75, 3.05) is 11.6 Å². The first kappa shape index (κ1) is 18.4. The minimum atomic E-state index is -1.28. The van der Waals surface area contributed by atoms with Gasteiger partial charge in [0.05, 0.1) is 22.6 Å². The second-order valence-corrected chi connectivity index (χ2v) is 5.79. The molecule has 0 fully saturated rings. The van der Waals surface area contributed by atoms with E-state index in [0.717, 1.165) is 23.2 Å². The summed E-state index contributed by atoms with van der Waals surface area (Å²) in [5.41, 5.74) is -1.18. The van der Waals surface area contributed by atoms with E-state index in [2.05, 4.69) is 0 Å². The number of carboxylic acids is 1. The van der Waals surface area contributed by atoms with Crippen LogP contribution in [0.2, 0.25) is 0 Å². The summed E-state index contributed by atoms with van der Waals surface area (Å²) in [6.07, 6.45) is -0.0878. The first-order valence-electron chi connectivity index (χ1n) is 6.77. The normalized spacial score (nSPS) is 11.0. The highest BCUT2D eigenvalue weighted by atomic mass is 16.6. The van der Waals surface area contributed by atoms with Crippen molar-refractivity contribution in [3.05, 3.63) is 33.9 Å². The molecule has 0 bridgehead atoms. The number of nitrogens with zero attached hydrogens (tertiary/aromatic N) is 2. The number of nitrogens with two attached hydrogens (primary N) is 1. The number of rotatable bonds is 6. The highest BCUT2D eigenvalue weighted by molar-refractivity contribution is 5.95. The first-order valence-corrected chi connectivity index (χ1v) is 6.77. The van der Waals surface area contributed by atoms with E-state index < -0.39 is 22.5 Å². The van der Waals surface area contributed by atoms with E-state index in [1.54, 1.807) is 20.8 Å². The van der Waals surface area contributed by atoms with E-state index in [1.165, 1.54) is 0 Å². The number of nitro benzene ring substituents is 1. The molecule has 0 aliphatic carbocycles. The third kappa shape index (κ3) is 5.55. The third-order valence-electron chi connectivity index (χ3n) is 2.71. The Labute approximate surface area is 132 Å². The number of anilines is 1. The maximum Gasteiger partial charge on any atom is 0.337 e. The fraction of sp³-hybridized carbons (Fsp3) is 0.429. The van der Waals surface area contributed by atoms with Gasteiger partial charge >= 0.3 is 11.9 Å². The molecule has 0 aliphatic heterocycles. The van der Waals surface area contributed by atoms with Gasteiger partial charge in [-0.25, -0.2) is 10.6 Å². The molecule has 1 rings (SSSR count). The summed E-state index contributed by atoms with van der Waals surface area (Å²) in [5.74, 6) is 3.97. The molecule has 0 aliphatic rings. The summed E-state index contributed by atoms with van der Waals surface area (Å²) in [7, 11) is 0. The maximum absolute atomic E-state index is 11.7. The quantitative estimate of drug-likeness (QED) is 0.349. The maximum atomic E-state index is 11.7. The van der Waals surface area contributed by atoms with E-state index in [-0.39, 0.29) is 29.9 Å². The molecule has 9 heteroatoms. The van der Waals surface area contributed by atoms with E-state index in [9.17, 15) is 19.7 Å². The van der Waals surface area contributed by atoms with Crippen LogP contribution in [0.1, 0.15) is 37.6 Å². The second-order valence-electron chi connectivity index (χ2n) is 5.79. The van der Waals surface area contributed by atoms with Crippen LogP contribution in [0.5, 0.6) is 0 Å². The zero-order chi connectivity index (χ0) is 17.8. The first-order chi connectivity index (χ1) is 10.5. The second kappa shape index (κ2) is 7.05. The van der Waals surface area contributed by atoms with Gasteiger partial charge in [0.2, 0.25) is 0 Å². The number of carbonyl (C=O) groups is 2. The van der Waals surface area contributed by atoms with Crippen molar-refractivity contribution in [2.24, 2.45) is 5.84 Å². The van der Waals surface area contributed by atoms with Gasteiger partial charge in [-0.1, -0.05) is 0 Å². The van der Waals surface area contributed by atoms with Crippen molar-refractivity contribution < 1.29 is 24.4 Å². The highest BCUT2D eigenvalue weighted by Crippen LogP contribution is 2.25. The smallest absolute Gasteiger partial charge is 0.337 e. The minimum absolute atomic E-state index is 0.0453. The summed E-state index contributed by atoms with van der Waals surface area (Å²) in [4.78, 5) is 33.0. The van der Waals surface area contributed by atoms with Crippen LogP contribution < -0.4 is 10.9 Å². The van der Waals surface area contributed by atoms with Crippen LogP contribution in [0.25, 0.3) is 0 Å². The van der Waals surface area contributed by atoms with Gasteiger partial charge in [0.15, 0.2) is 0 Å². The van der Waals surface area contributed by atoms with Crippen LogP contribution in [0.3, 0.4) is 0 Å². The molecule has 0 spiro atoms. The Morgan fingerprint density at radius 1 is 1.39 bits per heavy atom. The van der Waals surface area contributed by atoms with Crippen molar-refractivity contribution in [3.63, 3.8) is 0 Å². The minimum Gasteiger partial charge on any atom is -0.478 e. The predicted molar refractivity (Wildman–Crippen MR) is 82.1 cm³/mol. The molecule has 1 aromatic carbocycles. The molecule has 0 aromatic heterocycles. The molecule has 0 saturated carbocycles. The summed E-state index contributed by atoms with van der Waals surface area (Å²) < 4.78 is 5.12. The molecule has 9 nitrogen and oxygen atoms in total. The fourth-order valence-electron chi connectivity index (χ4n) is 1.78. The van der Waals surface area contributed by atoms with E-state index in [4.69, 9.17) is 15.7 Å². The molecule has 0 unspecified atom stereocenters. The monoisotopic (exact) mass is 325 g/mol. The van der Waals surface area contributed by atoms with Gasteiger partial charge in [-0.3, -0.25) is 14.9 Å². The van der Waals surface area contributed by atoms with E-state index in [0.29, 0.717) is 0 Å². The van der Waals surface area contributed by atoms with Crippen LogP contribution in [-0.2, 0) is 9.53 Å². The summed E-state index contributed by atoms with van der Waals surface area (Å²) in [5, 5.41) is 20.9. The summed E-state index contributed by atoms with van der Waals surface area (Å²) in [6.45, 7) is 5.10. The number of hydrazine groups is 1. The lowest BCUT2D eigenvalue weighted by Gasteiger charge is -2.22. The number of esters is 1. The third-order valence-corrected chi connectivity index (χ3v) is 2.71. The number of non-ortho nitro benzene ring substituents is 1. The lowest BCUT2D eigenvalue weighted by Crippen LogP contribution is -2.35. The van der Waals surface area contributed by atoms with Crippen LogP contribution >= 0.6 is 0 Å². The molecule has 1 aromatic rings. The highest BCUT2D eigenvalue weighted by Gasteiger charge is 2.21. The standard InChI is InChI=1S/C14H19N3O6/c1-14(2,3)23-12(18)6-7-16(15)11-8-9(17(21)22)4-5-10(11)13(19)20/h4-5,8H,6-7,15H2,1-3H3,(H,19,20). The van der Waals surface area contributed by atoms with Gasteiger partial charge in [0.1, 0.15) is 5.60 Å². The lowest BCUT2D eigenvalue weighted by atomic mass is 10.1. The molecular formula is C14H19N3O6. The molecule has 0 saturated heterocycles. The number of nitro groups is 1. The Morgan fingerprint density at radius 2 is 2.00 bits per heavy atom. The van der Waals surface area contributed by atoms with Crippen LogP contribution in [0.15, 0.2) is 18.2 Å². The van der Waals surface area contributed by atoms with Crippen molar-refractivity contribution >= 4 is 23.3 Å². The van der Waals surface area contributed by atoms with Gasteiger partial charge in [0.25, 0.3) is 5.69 Å². The lowest BCUT2D eigenvalue weighted by molar-refractivity contribution is -0.384. The Morgan fingerprint density at radius 3 is 2.48 bits per heavy atom. The largest absolute Gasteiger partial charge is 0.478 e. The van der Waals surface area contributed by atoms with Crippen LogP contribution in [0.4, 0.5) is 11.4 Å². The van der Waals surface area contributed by atoms with Gasteiger partial charge in [-0.05, 0) is 26.8 Å². The van der Waals surface area contributed by atoms with Crippen LogP contribution in [0, 0.1) is 10.1 Å². The molecule has 3 N–H and O–H groups in total. The van der Waals surface area contributed by atoms with Gasteiger partial charge in [-0.2, -0.15) is 0 Å². The molecule has 0 radical (unpaired) electrons. The van der Waals surface area contributed by atoms with Crippen molar-refractivity contribution in [3.8, 4) is 0 Å². The van der Waals surface area contributed by atoms with E-state index >= 15 is 0 Å². The van der Waals surface area contributed by atoms with E-state index in [1.807, 2.05) is 0 Å². The topological polar surface area (TPSA) is 136 Å². The predicted octanol–water partition coefficient (Wildman–Crippen LogP) is 1.70. The average molecular weight is 325 g/mol. The number of benzene rings is 1. The SMILES string of the molecule is CC(C)(C)OC(=O)CCN(N)c1cc([N+](=O)[O-])ccc1C(=O)O. The summed E-state index contributed by atoms with van der Waals surface area (Å²) >= 11 is 0. The number of carbonyl (C=O) groups excluding carboxylic acids is 1. The van der Waals surface area contributed by atoms with Gasteiger partial charge in [-0.15, -0.1) is 0 Å². The van der Waals surface area contributed by atoms with Crippen molar-refractivity contribution in [1.29, 1.82) is 0 Å². The average Bonchev–Trinajstić information content (AvgIpc) is 2.42. The number of hydrogen-bond acceptors (Lipinski definition) is 7. The Hall–Kier alpha value is -2.68. The number of aromatic carboxylic acids is 1. The zero-order valence-electron chi connectivity index (χ0n) is 13.1. The van der Waals surface area contributed by atoms with Crippen molar-refractivity contribution in [1.82, 2.24) is 0 Å². The number of hydrogen-bond donors (Lipinski definition) is 2. The Kier molecular flexibility index (Phi) is 5.63. The molecule has 0 amide bonds. The van der Waals surface area contributed by atoms with Crippen LogP contribution in [-0.4, -0.2) is 34.1 Å². The van der Waals surface area contributed by atoms with Crippen molar-refractivity contribution in [2.45, 2.75) is 32.8 Å². The molecule has 0 heterocycles. The van der Waals surface area contributed by atoms with Gasteiger partial charge in [0, 0.05) is 18.7 Å². The molecular weight excluding hydrogens is 306 g/mol.